The summed E-state index contributed by atoms with van der Waals surface area (Å²) in [6.45, 7) is 11.8. The van der Waals surface area contributed by atoms with Gasteiger partial charge in [-0.3, -0.25) is 4.79 Å². The summed E-state index contributed by atoms with van der Waals surface area (Å²) >= 11 is 0. The van der Waals surface area contributed by atoms with E-state index < -0.39 is 5.60 Å². The fourth-order valence-electron chi connectivity index (χ4n) is 4.51. The Balaban J connectivity index is 1.60. The Labute approximate surface area is 179 Å². The highest BCUT2D eigenvalue weighted by Gasteiger charge is 2.35. The molecule has 162 valence electrons. The van der Waals surface area contributed by atoms with E-state index in [2.05, 4.69) is 50.5 Å². The fourth-order valence-corrected chi connectivity index (χ4v) is 4.51. The number of aromatic nitrogens is 1. The number of benzene rings is 1. The van der Waals surface area contributed by atoms with Gasteiger partial charge >= 0.3 is 0 Å². The van der Waals surface area contributed by atoms with Gasteiger partial charge in [-0.05, 0) is 72.8 Å². The van der Waals surface area contributed by atoms with E-state index in [4.69, 9.17) is 4.98 Å². The zero-order valence-corrected chi connectivity index (χ0v) is 18.9. The third kappa shape index (κ3) is 4.23. The Morgan fingerprint density at radius 1 is 1.30 bits per heavy atom. The van der Waals surface area contributed by atoms with E-state index in [0.717, 1.165) is 16.5 Å². The monoisotopic (exact) mass is 409 g/mol. The zero-order chi connectivity index (χ0) is 21.7. The molecule has 4 rings (SSSR count). The normalized spacial score (nSPS) is 24.4. The number of carbonyl (C=O) groups excluding carboxylic acids is 1. The predicted octanol–water partition coefficient (Wildman–Crippen LogP) is 3.95. The van der Waals surface area contributed by atoms with Crippen LogP contribution in [0, 0.1) is 6.92 Å². The molecule has 2 heterocycles. The van der Waals surface area contributed by atoms with Crippen molar-refractivity contribution in [2.24, 2.45) is 0 Å². The molecule has 5 heteroatoms. The van der Waals surface area contributed by atoms with Gasteiger partial charge in [0.25, 0.3) is 5.91 Å². The van der Waals surface area contributed by atoms with E-state index in [-0.39, 0.29) is 17.4 Å². The van der Waals surface area contributed by atoms with E-state index in [0.29, 0.717) is 37.5 Å². The number of amides is 1. The number of hydrogen-bond acceptors (Lipinski definition) is 4. The molecule has 1 saturated carbocycles. The number of aryl methyl sites for hydroxylation is 1. The van der Waals surface area contributed by atoms with Crippen LogP contribution in [0.5, 0.6) is 0 Å². The average molecular weight is 410 g/mol. The van der Waals surface area contributed by atoms with Crippen molar-refractivity contribution in [1.82, 2.24) is 15.6 Å². The lowest BCUT2D eigenvalue weighted by Gasteiger charge is -2.23. The number of fused-ring (bicyclic) bond motifs is 1. The van der Waals surface area contributed by atoms with Crippen LogP contribution in [-0.2, 0) is 5.41 Å². The molecule has 0 bridgehead atoms. The molecule has 2 atom stereocenters. The van der Waals surface area contributed by atoms with Gasteiger partial charge in [-0.1, -0.05) is 33.8 Å². The van der Waals surface area contributed by atoms with Crippen LogP contribution in [0.4, 0.5) is 0 Å². The molecule has 0 radical (unpaired) electrons. The summed E-state index contributed by atoms with van der Waals surface area (Å²) in [5, 5.41) is 17.9. The first kappa shape index (κ1) is 21.3. The minimum absolute atomic E-state index is 0.0456. The third-order valence-corrected chi connectivity index (χ3v) is 6.75. The lowest BCUT2D eigenvalue weighted by molar-refractivity contribution is 0.0546. The smallest absolute Gasteiger partial charge is 0.269 e. The van der Waals surface area contributed by atoms with Crippen molar-refractivity contribution in [2.75, 3.05) is 13.1 Å². The van der Waals surface area contributed by atoms with Gasteiger partial charge in [0, 0.05) is 24.5 Å². The van der Waals surface area contributed by atoms with E-state index in [1.807, 2.05) is 13.0 Å². The molecule has 1 saturated heterocycles. The topological polar surface area (TPSA) is 74.2 Å². The Hall–Kier alpha value is -1.98. The molecule has 30 heavy (non-hydrogen) atoms. The van der Waals surface area contributed by atoms with Crippen LogP contribution in [-0.4, -0.2) is 40.7 Å². The molecule has 1 aliphatic heterocycles. The van der Waals surface area contributed by atoms with E-state index >= 15 is 0 Å². The lowest BCUT2D eigenvalue weighted by Crippen LogP contribution is -2.37. The molecule has 2 unspecified atom stereocenters. The fraction of sp³-hybridized carbons (Fsp3) is 0.600. The summed E-state index contributed by atoms with van der Waals surface area (Å²) in [6, 6.07) is 6.58. The van der Waals surface area contributed by atoms with Gasteiger partial charge in [-0.15, -0.1) is 0 Å². The number of rotatable bonds is 5. The molecule has 1 aliphatic carbocycles. The van der Waals surface area contributed by atoms with Crippen molar-refractivity contribution >= 4 is 16.8 Å². The Morgan fingerprint density at radius 3 is 2.63 bits per heavy atom. The van der Waals surface area contributed by atoms with Gasteiger partial charge < -0.3 is 15.7 Å². The number of pyridine rings is 1. The lowest BCUT2D eigenvalue weighted by atomic mass is 9.83. The van der Waals surface area contributed by atoms with Crippen LogP contribution in [0.25, 0.3) is 10.9 Å². The first-order valence-electron chi connectivity index (χ1n) is 11.3. The Kier molecular flexibility index (Phi) is 5.39. The van der Waals surface area contributed by atoms with E-state index in [1.165, 1.54) is 24.0 Å². The van der Waals surface area contributed by atoms with Crippen LogP contribution in [0.15, 0.2) is 18.2 Å². The molecular weight excluding hydrogens is 374 g/mol. The van der Waals surface area contributed by atoms with Gasteiger partial charge in [-0.25, -0.2) is 4.98 Å². The molecular formula is C25H35N3O2. The van der Waals surface area contributed by atoms with Gasteiger partial charge in [-0.2, -0.15) is 0 Å². The summed E-state index contributed by atoms with van der Waals surface area (Å²) in [5.41, 5.74) is 4.42. The highest BCUT2D eigenvalue weighted by Crippen LogP contribution is 2.43. The van der Waals surface area contributed by atoms with Crippen molar-refractivity contribution in [3.8, 4) is 0 Å². The first-order valence-corrected chi connectivity index (χ1v) is 11.3. The van der Waals surface area contributed by atoms with Crippen molar-refractivity contribution < 1.29 is 9.90 Å². The molecule has 5 nitrogen and oxygen atoms in total. The maximum atomic E-state index is 12.9. The minimum Gasteiger partial charge on any atom is -0.389 e. The highest BCUT2D eigenvalue weighted by atomic mass is 16.3. The second kappa shape index (κ2) is 7.61. The van der Waals surface area contributed by atoms with Gasteiger partial charge in [0.15, 0.2) is 0 Å². The van der Waals surface area contributed by atoms with Gasteiger partial charge in [0.2, 0.25) is 0 Å². The van der Waals surface area contributed by atoms with Crippen LogP contribution in [0.3, 0.4) is 0 Å². The number of hydrogen-bond donors (Lipinski definition) is 3. The molecule has 1 aromatic carbocycles. The molecule has 3 N–H and O–H groups in total. The number of β-amino-alcohol motifs (C(OH)–C–C–N with tert-alkyl or cyclic N) is 1. The molecule has 2 aromatic rings. The summed E-state index contributed by atoms with van der Waals surface area (Å²) in [6.07, 6.45) is 3.91. The maximum Gasteiger partial charge on any atom is 0.269 e. The predicted molar refractivity (Wildman–Crippen MR) is 121 cm³/mol. The molecule has 2 aliphatic rings. The molecule has 1 aromatic heterocycles. The second-order valence-electron chi connectivity index (χ2n) is 10.4. The highest BCUT2D eigenvalue weighted by molar-refractivity contribution is 5.97. The Bertz CT molecular complexity index is 974. The average Bonchev–Trinajstić information content (AvgIpc) is 3.47. The number of carbonyl (C=O) groups is 1. The number of aliphatic hydroxyl groups is 1. The van der Waals surface area contributed by atoms with Crippen LogP contribution >= 0.6 is 0 Å². The number of nitrogens with one attached hydrogen (secondary N) is 2. The van der Waals surface area contributed by atoms with Crippen molar-refractivity contribution in [2.45, 2.75) is 83.3 Å². The van der Waals surface area contributed by atoms with Crippen LogP contribution in [0.1, 0.15) is 86.5 Å². The van der Waals surface area contributed by atoms with E-state index in [9.17, 15) is 9.90 Å². The van der Waals surface area contributed by atoms with Crippen LogP contribution < -0.4 is 10.6 Å². The van der Waals surface area contributed by atoms with Crippen molar-refractivity contribution in [3.63, 3.8) is 0 Å². The largest absolute Gasteiger partial charge is 0.389 e. The molecule has 0 spiro atoms. The second-order valence-corrected chi connectivity index (χ2v) is 10.4. The van der Waals surface area contributed by atoms with Gasteiger partial charge in [0.05, 0.1) is 11.1 Å². The molecule has 1 amide bonds. The maximum absolute atomic E-state index is 12.9. The molecule has 2 fully saturated rings. The first-order chi connectivity index (χ1) is 14.1. The zero-order valence-electron chi connectivity index (χ0n) is 18.9. The van der Waals surface area contributed by atoms with Crippen molar-refractivity contribution in [1.29, 1.82) is 0 Å². The Morgan fingerprint density at radius 2 is 2.03 bits per heavy atom. The van der Waals surface area contributed by atoms with Crippen LogP contribution in [0.2, 0.25) is 0 Å². The minimum atomic E-state index is -0.659. The third-order valence-electron chi connectivity index (χ3n) is 6.75. The van der Waals surface area contributed by atoms with E-state index in [1.54, 1.807) is 0 Å². The summed E-state index contributed by atoms with van der Waals surface area (Å²) in [5.74, 6) is 0.526. The summed E-state index contributed by atoms with van der Waals surface area (Å²) < 4.78 is 0. The van der Waals surface area contributed by atoms with Gasteiger partial charge in [0.1, 0.15) is 5.69 Å². The summed E-state index contributed by atoms with van der Waals surface area (Å²) in [7, 11) is 0. The summed E-state index contributed by atoms with van der Waals surface area (Å²) in [4.78, 5) is 17.7. The quantitative estimate of drug-likeness (QED) is 0.699. The SMILES string of the molecule is CCC1(O)CNC(CNC(=O)c2cc(C)c3cc(C4CC4)cc(C(C)(C)C)c3n2)C1. The standard InChI is InChI=1S/C25H35N3O2/c1-6-25(30)12-18(27-14-25)13-26-23(29)21-9-15(2)19-10-17(16-7-8-16)11-20(22(19)28-21)24(3,4)5/h9-11,16,18,27,30H,6-8,12-14H2,1-5H3,(H,26,29). The number of nitrogens with zero attached hydrogens (tertiary/aromatic N) is 1. The van der Waals surface area contributed by atoms with Crippen molar-refractivity contribution in [3.05, 3.63) is 40.6 Å².